The molecule has 1 aliphatic rings. The molecule has 2 N–H and O–H groups in total. The first-order valence-corrected chi connectivity index (χ1v) is 6.94. The summed E-state index contributed by atoms with van der Waals surface area (Å²) in [5.41, 5.74) is 6.81. The maximum absolute atomic E-state index is 6.32. The second-order valence-corrected chi connectivity index (χ2v) is 5.15. The standard InChI is InChI=1S/C13H18Cl2N2O/c1-2-17-6-7-18-11(8-16)13(17)9-4-3-5-10(14)12(9)15/h3-5,11,13H,2,6-8,16H2,1H3. The van der Waals surface area contributed by atoms with E-state index in [0.717, 1.165) is 18.7 Å². The van der Waals surface area contributed by atoms with Crippen LogP contribution in [-0.4, -0.2) is 37.2 Å². The zero-order valence-electron chi connectivity index (χ0n) is 10.4. The lowest BCUT2D eigenvalue weighted by molar-refractivity contribution is -0.0657. The summed E-state index contributed by atoms with van der Waals surface area (Å²) in [4.78, 5) is 2.33. The lowest BCUT2D eigenvalue weighted by Gasteiger charge is -2.41. The summed E-state index contributed by atoms with van der Waals surface area (Å²) in [6.45, 7) is 5.15. The van der Waals surface area contributed by atoms with E-state index in [9.17, 15) is 0 Å². The molecule has 0 radical (unpaired) electrons. The molecule has 2 atom stereocenters. The molecule has 3 nitrogen and oxygen atoms in total. The van der Waals surface area contributed by atoms with Crippen molar-refractivity contribution in [3.63, 3.8) is 0 Å². The molecule has 0 amide bonds. The van der Waals surface area contributed by atoms with Crippen molar-refractivity contribution in [2.24, 2.45) is 5.73 Å². The van der Waals surface area contributed by atoms with E-state index in [4.69, 9.17) is 33.7 Å². The third kappa shape index (κ3) is 2.65. The Morgan fingerprint density at radius 3 is 2.89 bits per heavy atom. The maximum Gasteiger partial charge on any atom is 0.0894 e. The highest BCUT2D eigenvalue weighted by molar-refractivity contribution is 6.42. The van der Waals surface area contributed by atoms with Gasteiger partial charge in [0.05, 0.1) is 28.8 Å². The SMILES string of the molecule is CCN1CCOC(CN)C1c1cccc(Cl)c1Cl. The molecule has 1 aromatic rings. The molecule has 0 spiro atoms. The van der Waals surface area contributed by atoms with Crippen LogP contribution in [0, 0.1) is 0 Å². The Kier molecular flexibility index (Phi) is 4.87. The van der Waals surface area contributed by atoms with Gasteiger partial charge in [-0.15, -0.1) is 0 Å². The number of rotatable bonds is 3. The monoisotopic (exact) mass is 288 g/mol. The highest BCUT2D eigenvalue weighted by atomic mass is 35.5. The predicted octanol–water partition coefficient (Wildman–Crippen LogP) is 2.71. The Labute approximate surface area is 118 Å². The van der Waals surface area contributed by atoms with Crippen LogP contribution in [-0.2, 0) is 4.74 Å². The van der Waals surface area contributed by atoms with Gasteiger partial charge in [-0.3, -0.25) is 4.90 Å². The van der Waals surface area contributed by atoms with Crippen LogP contribution < -0.4 is 5.73 Å². The number of benzene rings is 1. The first kappa shape index (κ1) is 14.1. The molecule has 0 aliphatic carbocycles. The molecule has 1 heterocycles. The van der Waals surface area contributed by atoms with E-state index in [0.29, 0.717) is 23.2 Å². The van der Waals surface area contributed by atoms with Gasteiger partial charge in [-0.1, -0.05) is 42.3 Å². The van der Waals surface area contributed by atoms with Crippen LogP contribution in [0.2, 0.25) is 10.0 Å². The third-order valence-electron chi connectivity index (χ3n) is 3.39. The molecule has 0 bridgehead atoms. The van der Waals surface area contributed by atoms with Crippen molar-refractivity contribution in [2.75, 3.05) is 26.2 Å². The number of ether oxygens (including phenoxy) is 1. The molecule has 0 saturated carbocycles. The second-order valence-electron chi connectivity index (χ2n) is 4.36. The molecule has 0 aromatic heterocycles. The van der Waals surface area contributed by atoms with Crippen molar-refractivity contribution in [1.82, 2.24) is 4.90 Å². The predicted molar refractivity (Wildman–Crippen MR) is 75.2 cm³/mol. The van der Waals surface area contributed by atoms with Gasteiger partial charge in [0.1, 0.15) is 0 Å². The summed E-state index contributed by atoms with van der Waals surface area (Å²) in [5.74, 6) is 0. The van der Waals surface area contributed by atoms with Gasteiger partial charge in [-0.2, -0.15) is 0 Å². The highest BCUT2D eigenvalue weighted by Gasteiger charge is 2.33. The summed E-state index contributed by atoms with van der Waals surface area (Å²) in [6.07, 6.45) is -0.0327. The lowest BCUT2D eigenvalue weighted by Crippen LogP contribution is -2.48. The van der Waals surface area contributed by atoms with E-state index in [1.54, 1.807) is 6.07 Å². The number of hydrogen-bond donors (Lipinski definition) is 1. The fraction of sp³-hybridized carbons (Fsp3) is 0.538. The zero-order valence-corrected chi connectivity index (χ0v) is 11.9. The van der Waals surface area contributed by atoms with E-state index in [2.05, 4.69) is 11.8 Å². The fourth-order valence-electron chi connectivity index (χ4n) is 2.48. The Balaban J connectivity index is 2.39. The Bertz CT molecular complexity index is 402. The number of likely N-dealkylation sites (N-methyl/N-ethyl adjacent to an activating group) is 1. The van der Waals surface area contributed by atoms with Gasteiger partial charge < -0.3 is 10.5 Å². The molecular weight excluding hydrogens is 271 g/mol. The molecule has 5 heteroatoms. The zero-order chi connectivity index (χ0) is 13.1. The van der Waals surface area contributed by atoms with Gasteiger partial charge in [0.15, 0.2) is 0 Å². The van der Waals surface area contributed by atoms with Crippen LogP contribution in [0.25, 0.3) is 0 Å². The van der Waals surface area contributed by atoms with Crippen LogP contribution in [0.3, 0.4) is 0 Å². The smallest absolute Gasteiger partial charge is 0.0894 e. The van der Waals surface area contributed by atoms with Gasteiger partial charge in [-0.25, -0.2) is 0 Å². The van der Waals surface area contributed by atoms with Crippen molar-refractivity contribution in [1.29, 1.82) is 0 Å². The summed E-state index contributed by atoms with van der Waals surface area (Å²) in [5, 5.41) is 1.18. The first-order valence-electron chi connectivity index (χ1n) is 6.18. The summed E-state index contributed by atoms with van der Waals surface area (Å²) < 4.78 is 5.75. The van der Waals surface area contributed by atoms with Crippen molar-refractivity contribution >= 4 is 23.2 Å². The number of morpholine rings is 1. The molecule has 1 fully saturated rings. The van der Waals surface area contributed by atoms with Crippen LogP contribution in [0.5, 0.6) is 0 Å². The van der Waals surface area contributed by atoms with Gasteiger partial charge in [-0.05, 0) is 18.2 Å². The maximum atomic E-state index is 6.32. The minimum Gasteiger partial charge on any atom is -0.374 e. The molecule has 2 unspecified atom stereocenters. The number of nitrogens with two attached hydrogens (primary N) is 1. The molecule has 1 saturated heterocycles. The Morgan fingerprint density at radius 1 is 1.44 bits per heavy atom. The summed E-state index contributed by atoms with van der Waals surface area (Å²) >= 11 is 12.4. The van der Waals surface area contributed by atoms with Crippen LogP contribution in [0.15, 0.2) is 18.2 Å². The van der Waals surface area contributed by atoms with Crippen LogP contribution >= 0.6 is 23.2 Å². The minimum absolute atomic E-state index is 0.0327. The van der Waals surface area contributed by atoms with Gasteiger partial charge in [0, 0.05) is 13.1 Å². The largest absolute Gasteiger partial charge is 0.374 e. The topological polar surface area (TPSA) is 38.5 Å². The quantitative estimate of drug-likeness (QED) is 0.930. The van der Waals surface area contributed by atoms with Crippen LogP contribution in [0.1, 0.15) is 18.5 Å². The average molecular weight is 289 g/mol. The van der Waals surface area contributed by atoms with Gasteiger partial charge in [0.2, 0.25) is 0 Å². The summed E-state index contributed by atoms with van der Waals surface area (Å²) in [7, 11) is 0. The lowest BCUT2D eigenvalue weighted by atomic mass is 9.98. The van der Waals surface area contributed by atoms with Crippen molar-refractivity contribution in [2.45, 2.75) is 19.1 Å². The number of nitrogens with zero attached hydrogens (tertiary/aromatic N) is 1. The van der Waals surface area contributed by atoms with Gasteiger partial charge in [0.25, 0.3) is 0 Å². The first-order chi connectivity index (χ1) is 8.69. The molecule has 18 heavy (non-hydrogen) atoms. The number of halogens is 2. The Morgan fingerprint density at radius 2 is 2.22 bits per heavy atom. The molecule has 1 aliphatic heterocycles. The van der Waals surface area contributed by atoms with E-state index in [-0.39, 0.29) is 12.1 Å². The highest BCUT2D eigenvalue weighted by Crippen LogP contribution is 2.36. The van der Waals surface area contributed by atoms with E-state index in [1.807, 2.05) is 12.1 Å². The fourth-order valence-corrected chi connectivity index (χ4v) is 2.90. The second kappa shape index (κ2) is 6.22. The molecule has 100 valence electrons. The third-order valence-corrected chi connectivity index (χ3v) is 4.23. The number of hydrogen-bond acceptors (Lipinski definition) is 3. The van der Waals surface area contributed by atoms with E-state index >= 15 is 0 Å². The van der Waals surface area contributed by atoms with Crippen LogP contribution in [0.4, 0.5) is 0 Å². The van der Waals surface area contributed by atoms with E-state index < -0.39 is 0 Å². The van der Waals surface area contributed by atoms with Crippen molar-refractivity contribution in [3.05, 3.63) is 33.8 Å². The minimum atomic E-state index is -0.0327. The molecule has 1 aromatic carbocycles. The molecule has 2 rings (SSSR count). The van der Waals surface area contributed by atoms with E-state index in [1.165, 1.54) is 0 Å². The van der Waals surface area contributed by atoms with Crippen molar-refractivity contribution < 1.29 is 4.74 Å². The Hall–Kier alpha value is -0.320. The van der Waals surface area contributed by atoms with Gasteiger partial charge >= 0.3 is 0 Å². The molecular formula is C13H18Cl2N2O. The summed E-state index contributed by atoms with van der Waals surface area (Å²) in [6, 6.07) is 5.79. The van der Waals surface area contributed by atoms with Crippen molar-refractivity contribution in [3.8, 4) is 0 Å². The normalized spacial score (nSPS) is 25.3. The average Bonchev–Trinajstić information content (AvgIpc) is 2.41.